The van der Waals surface area contributed by atoms with E-state index >= 15 is 0 Å². The predicted octanol–water partition coefficient (Wildman–Crippen LogP) is 5.39. The number of carbonyl (C=O) groups is 2. The first-order chi connectivity index (χ1) is 18.8. The topological polar surface area (TPSA) is 95.6 Å². The molecule has 1 amide bonds. The van der Waals surface area contributed by atoms with Crippen molar-refractivity contribution < 1.29 is 14.3 Å². The summed E-state index contributed by atoms with van der Waals surface area (Å²) in [4.78, 5) is 43.8. The van der Waals surface area contributed by atoms with Crippen LogP contribution in [-0.2, 0) is 20.9 Å². The van der Waals surface area contributed by atoms with Crippen LogP contribution < -0.4 is 10.5 Å². The van der Waals surface area contributed by atoms with Crippen molar-refractivity contribution in [3.8, 4) is 6.07 Å². The molecule has 0 radical (unpaired) electrons. The number of carbonyl (C=O) groups excluding carboxylic acids is 2. The summed E-state index contributed by atoms with van der Waals surface area (Å²) in [7, 11) is 0. The van der Waals surface area contributed by atoms with Gasteiger partial charge < -0.3 is 9.64 Å². The van der Waals surface area contributed by atoms with Crippen LogP contribution in [0.3, 0.4) is 0 Å². The Balaban J connectivity index is 2.11. The van der Waals surface area contributed by atoms with E-state index < -0.39 is 0 Å². The third-order valence-electron chi connectivity index (χ3n) is 7.31. The number of esters is 1. The molecule has 3 heterocycles. The zero-order chi connectivity index (χ0) is 28.5. The van der Waals surface area contributed by atoms with Gasteiger partial charge >= 0.3 is 5.97 Å². The fourth-order valence-electron chi connectivity index (χ4n) is 5.15. The van der Waals surface area contributed by atoms with E-state index in [1.165, 1.54) is 11.8 Å². The van der Waals surface area contributed by atoms with Crippen LogP contribution in [0.5, 0.6) is 0 Å². The Morgan fingerprint density at radius 1 is 1.15 bits per heavy atom. The molecule has 2 saturated heterocycles. The third-order valence-corrected chi connectivity index (χ3v) is 8.68. The molecule has 0 aromatic carbocycles. The standard InChI is InChI=1S/C29H40N4O4S2/c1-5-8-10-11-16-33-27(35)24(39-29(33)38)17-22-20(4)23(18-30)26(34)32(15-9-6-2)25(22)31-14-12-13-21(19-31)28(36)37-7-3/h17,21H,5-16,19H2,1-4H3/b24-17+. The van der Waals surface area contributed by atoms with Gasteiger partial charge in [-0.1, -0.05) is 63.5 Å². The largest absolute Gasteiger partial charge is 0.466 e. The van der Waals surface area contributed by atoms with E-state index in [1.54, 1.807) is 29.4 Å². The zero-order valence-corrected chi connectivity index (χ0v) is 25.2. The molecule has 1 aromatic heterocycles. The van der Waals surface area contributed by atoms with Crippen molar-refractivity contribution in [2.24, 2.45) is 5.92 Å². The van der Waals surface area contributed by atoms with Gasteiger partial charge in [-0.05, 0) is 51.2 Å². The first-order valence-corrected chi connectivity index (χ1v) is 15.4. The van der Waals surface area contributed by atoms with Crippen LogP contribution in [0.1, 0.15) is 88.8 Å². The maximum absolute atomic E-state index is 13.5. The van der Waals surface area contributed by atoms with Gasteiger partial charge in [0.05, 0.1) is 17.4 Å². The monoisotopic (exact) mass is 572 g/mol. The van der Waals surface area contributed by atoms with E-state index in [0.717, 1.165) is 51.4 Å². The molecular weight excluding hydrogens is 532 g/mol. The summed E-state index contributed by atoms with van der Waals surface area (Å²) in [6, 6.07) is 2.11. The summed E-state index contributed by atoms with van der Waals surface area (Å²) in [5.74, 6) is -0.0223. The maximum Gasteiger partial charge on any atom is 0.310 e. The molecule has 39 heavy (non-hydrogen) atoms. The highest BCUT2D eigenvalue weighted by Gasteiger charge is 2.34. The lowest BCUT2D eigenvalue weighted by molar-refractivity contribution is -0.148. The van der Waals surface area contributed by atoms with E-state index in [4.69, 9.17) is 17.0 Å². The van der Waals surface area contributed by atoms with Crippen LogP contribution in [-0.4, -0.2) is 51.9 Å². The number of piperidine rings is 1. The second-order valence-corrected chi connectivity index (χ2v) is 11.8. The highest BCUT2D eigenvalue weighted by molar-refractivity contribution is 8.26. The molecule has 2 aliphatic heterocycles. The summed E-state index contributed by atoms with van der Waals surface area (Å²) in [5, 5.41) is 9.93. The van der Waals surface area contributed by atoms with E-state index in [2.05, 4.69) is 24.8 Å². The molecule has 212 valence electrons. The number of unbranched alkanes of at least 4 members (excludes halogenated alkanes) is 4. The number of hydrogen-bond acceptors (Lipinski definition) is 8. The normalized spacial score (nSPS) is 18.6. The number of rotatable bonds is 12. The zero-order valence-electron chi connectivity index (χ0n) is 23.6. The van der Waals surface area contributed by atoms with Gasteiger partial charge in [-0.25, -0.2) is 0 Å². The van der Waals surface area contributed by atoms with Crippen LogP contribution in [0, 0.1) is 24.2 Å². The maximum atomic E-state index is 13.5. The second kappa shape index (κ2) is 14.7. The lowest BCUT2D eigenvalue weighted by atomic mass is 9.96. The van der Waals surface area contributed by atoms with Gasteiger partial charge in [0, 0.05) is 31.7 Å². The Kier molecular flexibility index (Phi) is 11.6. The number of aromatic nitrogens is 1. The number of hydrogen-bond donors (Lipinski definition) is 0. The van der Waals surface area contributed by atoms with E-state index in [9.17, 15) is 19.6 Å². The van der Waals surface area contributed by atoms with Crippen molar-refractivity contribution in [2.45, 2.75) is 85.6 Å². The Morgan fingerprint density at radius 3 is 2.56 bits per heavy atom. The summed E-state index contributed by atoms with van der Waals surface area (Å²) in [6.07, 6.45) is 9.08. The molecule has 2 aliphatic rings. The van der Waals surface area contributed by atoms with Crippen LogP contribution in [0.25, 0.3) is 6.08 Å². The summed E-state index contributed by atoms with van der Waals surface area (Å²) >= 11 is 6.82. The van der Waals surface area contributed by atoms with Crippen molar-refractivity contribution in [1.82, 2.24) is 9.47 Å². The molecule has 8 nitrogen and oxygen atoms in total. The molecule has 3 rings (SSSR count). The molecule has 0 N–H and O–H groups in total. The summed E-state index contributed by atoms with van der Waals surface area (Å²) in [6.45, 7) is 10.2. The minimum Gasteiger partial charge on any atom is -0.466 e. The third kappa shape index (κ3) is 7.12. The lowest BCUT2D eigenvalue weighted by Gasteiger charge is -2.36. The van der Waals surface area contributed by atoms with Crippen molar-refractivity contribution in [3.05, 3.63) is 31.9 Å². The van der Waals surface area contributed by atoms with Crippen LogP contribution in [0.15, 0.2) is 9.70 Å². The fourth-order valence-corrected chi connectivity index (χ4v) is 6.44. The van der Waals surface area contributed by atoms with Crippen LogP contribution in [0.2, 0.25) is 0 Å². The SMILES string of the molecule is CCCCCCN1C(=O)/C(=C\c2c(C)c(C#N)c(=O)n(CCCC)c2N2CCCC(C(=O)OCC)C2)SC1=S. The fraction of sp³-hybridized carbons (Fsp3) is 0.621. The molecule has 0 bridgehead atoms. The van der Waals surface area contributed by atoms with Gasteiger partial charge in [-0.2, -0.15) is 5.26 Å². The summed E-state index contributed by atoms with van der Waals surface area (Å²) < 4.78 is 7.51. The molecule has 10 heteroatoms. The number of nitriles is 1. The van der Waals surface area contributed by atoms with E-state index in [1.807, 2.05) is 0 Å². The molecule has 2 fully saturated rings. The number of thiocarbonyl (C=S) groups is 1. The molecule has 0 spiro atoms. The van der Waals surface area contributed by atoms with Crippen LogP contribution >= 0.6 is 24.0 Å². The summed E-state index contributed by atoms with van der Waals surface area (Å²) in [5.41, 5.74) is 0.947. The van der Waals surface area contributed by atoms with Crippen molar-refractivity contribution >= 4 is 52.1 Å². The lowest BCUT2D eigenvalue weighted by Crippen LogP contribution is -2.43. The van der Waals surface area contributed by atoms with Crippen molar-refractivity contribution in [1.29, 1.82) is 5.26 Å². The molecule has 1 atom stereocenters. The minimum atomic E-state index is -0.336. The number of anilines is 1. The second-order valence-electron chi connectivity index (χ2n) is 10.1. The Morgan fingerprint density at radius 2 is 1.90 bits per heavy atom. The van der Waals surface area contributed by atoms with Gasteiger partial charge in [0.25, 0.3) is 11.5 Å². The van der Waals surface area contributed by atoms with Gasteiger partial charge in [0.2, 0.25) is 0 Å². The Labute approximate surface area is 241 Å². The smallest absolute Gasteiger partial charge is 0.310 e. The van der Waals surface area contributed by atoms with Gasteiger partial charge in [-0.3, -0.25) is 23.9 Å². The van der Waals surface area contributed by atoms with E-state index in [0.29, 0.717) is 59.0 Å². The first-order valence-electron chi connectivity index (χ1n) is 14.1. The first kappa shape index (κ1) is 30.9. The average Bonchev–Trinajstić information content (AvgIpc) is 3.19. The van der Waals surface area contributed by atoms with Crippen LogP contribution in [0.4, 0.5) is 5.82 Å². The Bertz CT molecular complexity index is 1220. The number of amides is 1. The number of pyridine rings is 1. The highest BCUT2D eigenvalue weighted by Crippen LogP contribution is 2.37. The molecule has 1 aromatic rings. The highest BCUT2D eigenvalue weighted by atomic mass is 32.2. The number of ether oxygens (including phenoxy) is 1. The van der Waals surface area contributed by atoms with Gasteiger partial charge in [0.1, 0.15) is 21.8 Å². The average molecular weight is 573 g/mol. The van der Waals surface area contributed by atoms with Crippen molar-refractivity contribution in [2.75, 3.05) is 31.1 Å². The Hall–Kier alpha value is -2.64. The van der Waals surface area contributed by atoms with Crippen molar-refractivity contribution in [3.63, 3.8) is 0 Å². The molecular formula is C29H40N4O4S2. The predicted molar refractivity (Wildman–Crippen MR) is 161 cm³/mol. The quantitative estimate of drug-likeness (QED) is 0.142. The van der Waals surface area contributed by atoms with Gasteiger partial charge in [0.15, 0.2) is 0 Å². The molecule has 0 saturated carbocycles. The number of thioether (sulfide) groups is 1. The minimum absolute atomic E-state index is 0.0788. The van der Waals surface area contributed by atoms with Gasteiger partial charge in [-0.15, -0.1) is 0 Å². The molecule has 0 aliphatic carbocycles. The molecule has 1 unspecified atom stereocenters. The van der Waals surface area contributed by atoms with E-state index in [-0.39, 0.29) is 28.9 Å². The number of nitrogens with zero attached hydrogens (tertiary/aromatic N) is 4.